The molecular weight excluding hydrogens is 252 g/mol. The maximum Gasteiger partial charge on any atom is 0.274 e. The monoisotopic (exact) mass is 266 g/mol. The lowest BCUT2D eigenvalue weighted by atomic mass is 10.1. The topological polar surface area (TPSA) is 132 Å². The van der Waals surface area contributed by atoms with Crippen LogP contribution in [0.1, 0.15) is 23.3 Å². The van der Waals surface area contributed by atoms with Gasteiger partial charge in [0.05, 0.1) is 12.7 Å². The van der Waals surface area contributed by atoms with Crippen LogP contribution in [-0.4, -0.2) is 45.3 Å². The first-order valence-corrected chi connectivity index (χ1v) is 5.85. The number of nitrogens with two attached hydrogens (primary N) is 1. The lowest BCUT2D eigenvalue weighted by Crippen LogP contribution is -2.52. The second-order valence-electron chi connectivity index (χ2n) is 4.13. The Bertz CT molecular complexity index is 511. The minimum absolute atomic E-state index is 0.109. The van der Waals surface area contributed by atoms with Crippen molar-refractivity contribution >= 4 is 17.7 Å². The van der Waals surface area contributed by atoms with Gasteiger partial charge in [-0.25, -0.2) is 0 Å². The van der Waals surface area contributed by atoms with Crippen molar-refractivity contribution < 1.29 is 14.4 Å². The summed E-state index contributed by atoms with van der Waals surface area (Å²) in [5.74, 6) is -1.33. The molecule has 9 nitrogen and oxygen atoms in total. The zero-order valence-electron chi connectivity index (χ0n) is 10.1. The molecule has 19 heavy (non-hydrogen) atoms. The molecule has 0 saturated carbocycles. The molecule has 1 aliphatic heterocycles. The second-order valence-corrected chi connectivity index (χ2v) is 4.13. The Labute approximate surface area is 108 Å². The van der Waals surface area contributed by atoms with Crippen molar-refractivity contribution in [2.24, 2.45) is 5.73 Å². The summed E-state index contributed by atoms with van der Waals surface area (Å²) < 4.78 is 1.44. The van der Waals surface area contributed by atoms with Gasteiger partial charge in [0.15, 0.2) is 5.69 Å². The zero-order valence-corrected chi connectivity index (χ0v) is 10.1. The number of carbonyl (C=O) groups is 3. The SMILES string of the molecule is NCCn1cc(C(=O)NC2CCC(=O)NC2=O)nn1. The third-order valence-electron chi connectivity index (χ3n) is 2.67. The molecule has 1 aromatic rings. The van der Waals surface area contributed by atoms with Crippen LogP contribution in [0.15, 0.2) is 6.20 Å². The van der Waals surface area contributed by atoms with Crippen LogP contribution in [-0.2, 0) is 16.1 Å². The number of imide groups is 1. The van der Waals surface area contributed by atoms with E-state index in [1.807, 2.05) is 0 Å². The average Bonchev–Trinajstić information content (AvgIpc) is 2.82. The van der Waals surface area contributed by atoms with Crippen molar-refractivity contribution in [1.29, 1.82) is 0 Å². The summed E-state index contributed by atoms with van der Waals surface area (Å²) in [7, 11) is 0. The number of aromatic nitrogens is 3. The number of rotatable bonds is 4. The molecule has 0 aromatic carbocycles. The van der Waals surface area contributed by atoms with Crippen LogP contribution in [0.25, 0.3) is 0 Å². The fraction of sp³-hybridized carbons (Fsp3) is 0.500. The van der Waals surface area contributed by atoms with Gasteiger partial charge in [-0.05, 0) is 6.42 Å². The third kappa shape index (κ3) is 3.13. The van der Waals surface area contributed by atoms with Gasteiger partial charge in [0.2, 0.25) is 11.8 Å². The highest BCUT2D eigenvalue weighted by Crippen LogP contribution is 2.05. The molecule has 1 aromatic heterocycles. The number of hydrogen-bond donors (Lipinski definition) is 3. The fourth-order valence-corrected chi connectivity index (χ4v) is 1.71. The fourth-order valence-electron chi connectivity index (χ4n) is 1.71. The highest BCUT2D eigenvalue weighted by Gasteiger charge is 2.28. The number of nitrogens with one attached hydrogen (secondary N) is 2. The summed E-state index contributed by atoms with van der Waals surface area (Å²) in [5.41, 5.74) is 5.46. The van der Waals surface area contributed by atoms with Crippen molar-refractivity contribution in [3.05, 3.63) is 11.9 Å². The molecule has 2 rings (SSSR count). The van der Waals surface area contributed by atoms with E-state index in [9.17, 15) is 14.4 Å². The third-order valence-corrected chi connectivity index (χ3v) is 2.67. The Hall–Kier alpha value is -2.29. The van der Waals surface area contributed by atoms with Crippen molar-refractivity contribution in [2.45, 2.75) is 25.4 Å². The van der Waals surface area contributed by atoms with E-state index in [1.54, 1.807) is 0 Å². The number of amides is 3. The Kier molecular flexibility index (Phi) is 3.85. The quantitative estimate of drug-likeness (QED) is 0.528. The van der Waals surface area contributed by atoms with Crippen molar-refractivity contribution in [2.75, 3.05) is 6.54 Å². The van der Waals surface area contributed by atoms with Crippen molar-refractivity contribution in [3.63, 3.8) is 0 Å². The van der Waals surface area contributed by atoms with Gasteiger partial charge < -0.3 is 11.1 Å². The van der Waals surface area contributed by atoms with E-state index in [1.165, 1.54) is 10.9 Å². The smallest absolute Gasteiger partial charge is 0.274 e. The molecule has 1 unspecified atom stereocenters. The summed E-state index contributed by atoms with van der Waals surface area (Å²) >= 11 is 0. The maximum atomic E-state index is 11.8. The van der Waals surface area contributed by atoms with E-state index in [0.717, 1.165) is 0 Å². The van der Waals surface area contributed by atoms with Crippen LogP contribution in [0, 0.1) is 0 Å². The molecule has 1 fully saturated rings. The molecule has 4 N–H and O–H groups in total. The second kappa shape index (κ2) is 5.57. The standard InChI is InChI=1S/C10H14N6O3/c11-3-4-16-5-7(14-15-16)10(19)12-6-1-2-8(17)13-9(6)18/h5-6H,1-4,11H2,(H,12,19)(H,13,17,18). The highest BCUT2D eigenvalue weighted by atomic mass is 16.2. The first kappa shape index (κ1) is 13.1. The normalized spacial score (nSPS) is 19.1. The summed E-state index contributed by atoms with van der Waals surface area (Å²) in [6.07, 6.45) is 1.94. The van der Waals surface area contributed by atoms with E-state index in [4.69, 9.17) is 5.73 Å². The van der Waals surface area contributed by atoms with Gasteiger partial charge in [0, 0.05) is 13.0 Å². The molecule has 3 amide bonds. The van der Waals surface area contributed by atoms with Crippen LogP contribution in [0.3, 0.4) is 0 Å². The van der Waals surface area contributed by atoms with Gasteiger partial charge in [0.25, 0.3) is 5.91 Å². The number of hydrogen-bond acceptors (Lipinski definition) is 6. The lowest BCUT2D eigenvalue weighted by molar-refractivity contribution is -0.134. The van der Waals surface area contributed by atoms with Gasteiger partial charge in [0.1, 0.15) is 6.04 Å². The molecule has 0 spiro atoms. The lowest BCUT2D eigenvalue weighted by Gasteiger charge is -2.21. The van der Waals surface area contributed by atoms with Crippen molar-refractivity contribution in [1.82, 2.24) is 25.6 Å². The summed E-state index contributed by atoms with van der Waals surface area (Å²) in [4.78, 5) is 34.3. The van der Waals surface area contributed by atoms with Gasteiger partial charge in [-0.2, -0.15) is 0 Å². The molecule has 1 saturated heterocycles. The first-order chi connectivity index (χ1) is 9.10. The van der Waals surface area contributed by atoms with E-state index in [0.29, 0.717) is 13.1 Å². The van der Waals surface area contributed by atoms with Crippen LogP contribution < -0.4 is 16.4 Å². The Morgan fingerprint density at radius 2 is 2.37 bits per heavy atom. The molecular formula is C10H14N6O3. The molecule has 0 bridgehead atoms. The zero-order chi connectivity index (χ0) is 13.8. The van der Waals surface area contributed by atoms with Crippen molar-refractivity contribution in [3.8, 4) is 0 Å². The van der Waals surface area contributed by atoms with E-state index >= 15 is 0 Å². The molecule has 1 aliphatic rings. The molecule has 2 heterocycles. The van der Waals surface area contributed by atoms with E-state index in [2.05, 4.69) is 20.9 Å². The first-order valence-electron chi connectivity index (χ1n) is 5.85. The summed E-state index contributed by atoms with van der Waals surface area (Å²) in [5, 5.41) is 12.1. The Morgan fingerprint density at radius 3 is 3.05 bits per heavy atom. The molecule has 0 radical (unpaired) electrons. The molecule has 9 heteroatoms. The predicted octanol–water partition coefficient (Wildman–Crippen LogP) is -2.23. The van der Waals surface area contributed by atoms with Crippen LogP contribution in [0.2, 0.25) is 0 Å². The molecule has 0 aliphatic carbocycles. The number of carbonyl (C=O) groups excluding carboxylic acids is 3. The minimum atomic E-state index is -0.718. The molecule has 1 atom stereocenters. The largest absolute Gasteiger partial charge is 0.339 e. The Balaban J connectivity index is 1.96. The van der Waals surface area contributed by atoms with Crippen LogP contribution in [0.5, 0.6) is 0 Å². The minimum Gasteiger partial charge on any atom is -0.339 e. The van der Waals surface area contributed by atoms with Crippen LogP contribution in [0.4, 0.5) is 0 Å². The Morgan fingerprint density at radius 1 is 1.58 bits per heavy atom. The van der Waals surface area contributed by atoms with Gasteiger partial charge >= 0.3 is 0 Å². The highest BCUT2D eigenvalue weighted by molar-refractivity contribution is 6.03. The predicted molar refractivity (Wildman–Crippen MR) is 62.7 cm³/mol. The molecule has 102 valence electrons. The summed E-state index contributed by atoms with van der Waals surface area (Å²) in [6.45, 7) is 0.844. The summed E-state index contributed by atoms with van der Waals surface area (Å²) in [6, 6.07) is -0.718. The van der Waals surface area contributed by atoms with E-state index < -0.39 is 17.9 Å². The van der Waals surface area contributed by atoms with E-state index in [-0.39, 0.29) is 24.4 Å². The number of piperidine rings is 1. The average molecular weight is 266 g/mol. The van der Waals surface area contributed by atoms with Gasteiger partial charge in [-0.1, -0.05) is 5.21 Å². The van der Waals surface area contributed by atoms with Crippen LogP contribution >= 0.6 is 0 Å². The van der Waals surface area contributed by atoms with Gasteiger partial charge in [-0.15, -0.1) is 5.10 Å². The number of nitrogens with zero attached hydrogens (tertiary/aromatic N) is 3. The maximum absolute atomic E-state index is 11.8. The van der Waals surface area contributed by atoms with Gasteiger partial charge in [-0.3, -0.25) is 24.4 Å².